The van der Waals surface area contributed by atoms with Gasteiger partial charge in [0, 0.05) is 17.2 Å². The highest BCUT2D eigenvalue weighted by atomic mass is 16.5. The van der Waals surface area contributed by atoms with Gasteiger partial charge in [0.25, 0.3) is 11.8 Å². The molecule has 0 aliphatic rings. The lowest BCUT2D eigenvalue weighted by Crippen LogP contribution is -2.20. The predicted octanol–water partition coefficient (Wildman–Crippen LogP) is 4.49. The van der Waals surface area contributed by atoms with E-state index >= 15 is 0 Å². The summed E-state index contributed by atoms with van der Waals surface area (Å²) in [4.78, 5) is 16.6. The van der Waals surface area contributed by atoms with Crippen LogP contribution in [0.1, 0.15) is 36.7 Å². The Balaban J connectivity index is 1.63. The van der Waals surface area contributed by atoms with Gasteiger partial charge in [-0.1, -0.05) is 42.8 Å². The van der Waals surface area contributed by atoms with Crippen LogP contribution in [0.15, 0.2) is 47.0 Å². The second-order valence-electron chi connectivity index (χ2n) is 6.80. The molecule has 0 atom stereocenters. The van der Waals surface area contributed by atoms with Crippen LogP contribution in [0, 0.1) is 13.8 Å². The highest BCUT2D eigenvalue weighted by Gasteiger charge is 2.12. The lowest BCUT2D eigenvalue weighted by atomic mass is 10.1. The summed E-state index contributed by atoms with van der Waals surface area (Å²) < 4.78 is 10.9. The van der Waals surface area contributed by atoms with Crippen molar-refractivity contribution in [2.75, 3.05) is 11.9 Å². The van der Waals surface area contributed by atoms with Crippen molar-refractivity contribution in [2.24, 2.45) is 0 Å². The number of aryl methyl sites for hydroxylation is 2. The molecule has 1 amide bonds. The zero-order chi connectivity index (χ0) is 19.4. The van der Waals surface area contributed by atoms with Crippen molar-refractivity contribution < 1.29 is 14.1 Å². The Morgan fingerprint density at radius 1 is 1.19 bits per heavy atom. The maximum Gasteiger partial charge on any atom is 0.262 e. The van der Waals surface area contributed by atoms with Crippen LogP contribution in [-0.2, 0) is 4.79 Å². The van der Waals surface area contributed by atoms with E-state index in [0.717, 1.165) is 22.4 Å². The molecule has 0 spiro atoms. The quantitative estimate of drug-likeness (QED) is 0.696. The molecule has 140 valence electrons. The average molecular weight is 365 g/mol. The van der Waals surface area contributed by atoms with E-state index in [1.54, 1.807) is 12.1 Å². The third-order valence-electron chi connectivity index (χ3n) is 4.07. The number of anilines is 1. The minimum absolute atomic E-state index is 0.0855. The summed E-state index contributed by atoms with van der Waals surface area (Å²) in [6.07, 6.45) is 0. The van der Waals surface area contributed by atoms with Crippen molar-refractivity contribution in [3.8, 4) is 17.2 Å². The van der Waals surface area contributed by atoms with Gasteiger partial charge in [0.2, 0.25) is 0 Å². The van der Waals surface area contributed by atoms with Gasteiger partial charge < -0.3 is 14.6 Å². The Morgan fingerprint density at radius 3 is 2.70 bits per heavy atom. The van der Waals surface area contributed by atoms with Crippen LogP contribution in [0.25, 0.3) is 11.5 Å². The van der Waals surface area contributed by atoms with Gasteiger partial charge in [-0.3, -0.25) is 4.79 Å². The maximum atomic E-state index is 12.2. The fraction of sp³-hybridized carbons (Fsp3) is 0.286. The molecule has 27 heavy (non-hydrogen) atoms. The van der Waals surface area contributed by atoms with Gasteiger partial charge in [-0.15, -0.1) is 0 Å². The van der Waals surface area contributed by atoms with Crippen molar-refractivity contribution in [1.29, 1.82) is 0 Å². The molecule has 0 fully saturated rings. The van der Waals surface area contributed by atoms with E-state index in [4.69, 9.17) is 9.26 Å². The Labute approximate surface area is 158 Å². The number of hydrogen-bond donors (Lipinski definition) is 1. The summed E-state index contributed by atoms with van der Waals surface area (Å²) in [6, 6.07) is 13.1. The lowest BCUT2D eigenvalue weighted by Gasteiger charge is -2.10. The first-order valence-electron chi connectivity index (χ1n) is 8.86. The number of benzene rings is 2. The number of amides is 1. The predicted molar refractivity (Wildman–Crippen MR) is 104 cm³/mol. The molecular weight excluding hydrogens is 342 g/mol. The molecule has 1 heterocycles. The van der Waals surface area contributed by atoms with Gasteiger partial charge in [0.15, 0.2) is 12.4 Å². The van der Waals surface area contributed by atoms with E-state index in [-0.39, 0.29) is 18.4 Å². The Hall–Kier alpha value is -3.15. The monoisotopic (exact) mass is 365 g/mol. The molecule has 0 unspecified atom stereocenters. The molecular formula is C21H23N3O3. The van der Waals surface area contributed by atoms with E-state index in [2.05, 4.69) is 15.5 Å². The van der Waals surface area contributed by atoms with Crippen molar-refractivity contribution in [2.45, 2.75) is 33.6 Å². The SMILES string of the molecule is Cc1ccc(NC(=O)COc2cccc(-c3nc(C(C)C)no3)c2)c(C)c1. The smallest absolute Gasteiger partial charge is 0.262 e. The molecule has 3 aromatic rings. The van der Waals surface area contributed by atoms with Crippen molar-refractivity contribution in [3.63, 3.8) is 0 Å². The van der Waals surface area contributed by atoms with Gasteiger partial charge in [-0.25, -0.2) is 0 Å². The molecule has 3 rings (SSSR count). The van der Waals surface area contributed by atoms with Gasteiger partial charge >= 0.3 is 0 Å². The second kappa shape index (κ2) is 8.03. The summed E-state index contributed by atoms with van der Waals surface area (Å²) in [7, 11) is 0. The summed E-state index contributed by atoms with van der Waals surface area (Å²) in [6.45, 7) is 7.90. The first kappa shape index (κ1) is 18.6. The lowest BCUT2D eigenvalue weighted by molar-refractivity contribution is -0.118. The molecule has 6 heteroatoms. The summed E-state index contributed by atoms with van der Waals surface area (Å²) in [5.74, 6) is 1.63. The van der Waals surface area contributed by atoms with Crippen LogP contribution in [0.2, 0.25) is 0 Å². The number of rotatable bonds is 6. The third-order valence-corrected chi connectivity index (χ3v) is 4.07. The van der Waals surface area contributed by atoms with Gasteiger partial charge in [-0.2, -0.15) is 4.98 Å². The summed E-state index contributed by atoms with van der Waals surface area (Å²) >= 11 is 0. The molecule has 2 aromatic carbocycles. The Kier molecular flexibility index (Phi) is 5.54. The van der Waals surface area contributed by atoms with E-state index in [1.165, 1.54) is 0 Å². The van der Waals surface area contributed by atoms with Gasteiger partial charge in [-0.05, 0) is 43.7 Å². The number of carbonyl (C=O) groups is 1. The van der Waals surface area contributed by atoms with Crippen LogP contribution >= 0.6 is 0 Å². The molecule has 0 aliphatic carbocycles. The summed E-state index contributed by atoms with van der Waals surface area (Å²) in [5, 5.41) is 6.83. The van der Waals surface area contributed by atoms with Crippen molar-refractivity contribution in [1.82, 2.24) is 10.1 Å². The zero-order valence-corrected chi connectivity index (χ0v) is 15.9. The van der Waals surface area contributed by atoms with E-state index in [1.807, 2.05) is 58.0 Å². The molecule has 0 saturated carbocycles. The van der Waals surface area contributed by atoms with Crippen LogP contribution in [0.4, 0.5) is 5.69 Å². The number of ether oxygens (including phenoxy) is 1. The molecule has 1 aromatic heterocycles. The molecule has 0 bridgehead atoms. The standard InChI is InChI=1S/C21H23N3O3/c1-13(2)20-23-21(27-24-20)16-6-5-7-17(11-16)26-12-19(25)22-18-9-8-14(3)10-15(18)4/h5-11,13H,12H2,1-4H3,(H,22,25). The first-order chi connectivity index (χ1) is 12.9. The maximum absolute atomic E-state index is 12.2. The average Bonchev–Trinajstić information content (AvgIpc) is 3.13. The van der Waals surface area contributed by atoms with Crippen molar-refractivity contribution in [3.05, 3.63) is 59.4 Å². The van der Waals surface area contributed by atoms with Crippen molar-refractivity contribution >= 4 is 11.6 Å². The highest BCUT2D eigenvalue weighted by molar-refractivity contribution is 5.92. The topological polar surface area (TPSA) is 77.2 Å². The number of aromatic nitrogens is 2. The van der Waals surface area contributed by atoms with Crippen LogP contribution in [0.3, 0.4) is 0 Å². The summed E-state index contributed by atoms with van der Waals surface area (Å²) in [5.41, 5.74) is 3.71. The Bertz CT molecular complexity index is 947. The molecule has 1 N–H and O–H groups in total. The van der Waals surface area contributed by atoms with Crippen LogP contribution in [-0.4, -0.2) is 22.7 Å². The first-order valence-corrected chi connectivity index (χ1v) is 8.86. The molecule has 0 aliphatic heterocycles. The van der Waals surface area contributed by atoms with E-state index < -0.39 is 0 Å². The fourth-order valence-corrected chi connectivity index (χ4v) is 2.59. The minimum Gasteiger partial charge on any atom is -0.484 e. The second-order valence-corrected chi connectivity index (χ2v) is 6.80. The highest BCUT2D eigenvalue weighted by Crippen LogP contribution is 2.24. The van der Waals surface area contributed by atoms with Crippen LogP contribution < -0.4 is 10.1 Å². The number of carbonyl (C=O) groups excluding carboxylic acids is 1. The normalized spacial score (nSPS) is 10.9. The molecule has 6 nitrogen and oxygen atoms in total. The van der Waals surface area contributed by atoms with Crippen LogP contribution in [0.5, 0.6) is 5.75 Å². The number of nitrogens with zero attached hydrogens (tertiary/aromatic N) is 2. The Morgan fingerprint density at radius 2 is 2.00 bits per heavy atom. The largest absolute Gasteiger partial charge is 0.484 e. The third kappa shape index (κ3) is 4.73. The fourth-order valence-electron chi connectivity index (χ4n) is 2.59. The zero-order valence-electron chi connectivity index (χ0n) is 15.9. The van der Waals surface area contributed by atoms with Gasteiger partial charge in [0.1, 0.15) is 5.75 Å². The minimum atomic E-state index is -0.216. The van der Waals surface area contributed by atoms with E-state index in [0.29, 0.717) is 17.5 Å². The number of nitrogens with one attached hydrogen (secondary N) is 1. The van der Waals surface area contributed by atoms with E-state index in [9.17, 15) is 4.79 Å². The molecule has 0 radical (unpaired) electrons. The molecule has 0 saturated heterocycles. The van der Waals surface area contributed by atoms with Gasteiger partial charge in [0.05, 0.1) is 0 Å². The number of hydrogen-bond acceptors (Lipinski definition) is 5.